The summed E-state index contributed by atoms with van der Waals surface area (Å²) >= 11 is 0. The van der Waals surface area contributed by atoms with Gasteiger partial charge in [-0.3, -0.25) is 4.90 Å². The molecule has 18 heteroatoms. The number of carbonyl (C=O) groups excluding carboxylic acids is 3. The zero-order chi connectivity index (χ0) is 43.1. The summed E-state index contributed by atoms with van der Waals surface area (Å²) in [5, 5.41) is 8.91. The molecule has 5 rings (SSSR count). The number of unbranched alkanes of at least 4 members (excludes halogenated alkanes) is 4. The molecule has 58 heavy (non-hydrogen) atoms. The lowest BCUT2D eigenvalue weighted by atomic mass is 9.85. The predicted molar refractivity (Wildman–Crippen MR) is 215 cm³/mol. The van der Waals surface area contributed by atoms with Crippen LogP contribution in [0.5, 0.6) is 0 Å². The minimum atomic E-state index is -5.14. The molecule has 4 fully saturated rings. The van der Waals surface area contributed by atoms with Gasteiger partial charge in [0.1, 0.15) is 23.8 Å². The van der Waals surface area contributed by atoms with Crippen LogP contribution in [0.4, 0.5) is 14.4 Å². The summed E-state index contributed by atoms with van der Waals surface area (Å²) in [6.45, 7) is 26.0. The van der Waals surface area contributed by atoms with Gasteiger partial charge in [-0.25, -0.2) is 22.8 Å². The molecule has 0 N–H and O–H groups in total. The number of amides is 4. The van der Waals surface area contributed by atoms with Crippen LogP contribution >= 0.6 is 0 Å². The van der Waals surface area contributed by atoms with Gasteiger partial charge in [0, 0.05) is 19.6 Å². The number of hydroxylamine groups is 2. The Balaban J connectivity index is 0.000000371. The molecule has 1 aromatic heterocycles. The van der Waals surface area contributed by atoms with Crippen molar-refractivity contribution in [1.29, 1.82) is 0 Å². The molecule has 3 saturated heterocycles. The van der Waals surface area contributed by atoms with E-state index in [4.69, 9.17) is 13.9 Å². The molecule has 4 heterocycles. The van der Waals surface area contributed by atoms with E-state index in [2.05, 4.69) is 42.2 Å². The lowest BCUT2D eigenvalue weighted by Gasteiger charge is -2.44. The lowest BCUT2D eigenvalue weighted by molar-refractivity contribution is -0.929. The van der Waals surface area contributed by atoms with Crippen molar-refractivity contribution in [2.45, 2.75) is 176 Å². The van der Waals surface area contributed by atoms with E-state index in [1.165, 1.54) is 96.7 Å². The maximum absolute atomic E-state index is 13.1. The number of nitrogens with zero attached hydrogens (tertiary/aromatic N) is 7. The molecular formula is C40H71N7O10S. The van der Waals surface area contributed by atoms with E-state index in [9.17, 15) is 27.4 Å². The summed E-state index contributed by atoms with van der Waals surface area (Å²) in [6, 6.07) is -2.40. The number of aromatic nitrogens is 2. The topological polar surface area (TPSA) is 188 Å². The number of hydrogen-bond acceptors (Lipinski definition) is 12. The SMILES string of the molecule is CC(C)(C)OC(=O)N1CC(N(Cc2nnc([C@@H]3CC4(CC4)[C@@H]4CN3C(=O)N4OS(=O)(=O)[O-])o2)C(=O)OC(C)(C)C)C1.CCCC[N+](CCCC)(CCCC)CCCC. The van der Waals surface area contributed by atoms with Gasteiger partial charge in [0.15, 0.2) is 0 Å². The van der Waals surface area contributed by atoms with Crippen molar-refractivity contribution in [2.24, 2.45) is 5.41 Å². The number of likely N-dealkylation sites (tertiary alicyclic amines) is 1. The van der Waals surface area contributed by atoms with Crippen LogP contribution in [0.1, 0.15) is 158 Å². The van der Waals surface area contributed by atoms with Crippen molar-refractivity contribution >= 4 is 28.6 Å². The summed E-state index contributed by atoms with van der Waals surface area (Å²) < 4.78 is 56.6. The van der Waals surface area contributed by atoms with Gasteiger partial charge < -0.3 is 32.7 Å². The van der Waals surface area contributed by atoms with Crippen LogP contribution in [0.2, 0.25) is 0 Å². The van der Waals surface area contributed by atoms with Crippen LogP contribution in [0.3, 0.4) is 0 Å². The maximum atomic E-state index is 13.1. The summed E-state index contributed by atoms with van der Waals surface area (Å²) in [4.78, 5) is 42.8. The zero-order valence-electron chi connectivity index (χ0n) is 36.8. The molecule has 332 valence electrons. The number of quaternary nitrogens is 1. The Morgan fingerprint density at radius 2 is 1.38 bits per heavy atom. The van der Waals surface area contributed by atoms with Gasteiger partial charge >= 0.3 is 18.2 Å². The highest BCUT2D eigenvalue weighted by molar-refractivity contribution is 7.80. The second kappa shape index (κ2) is 19.4. The Bertz CT molecular complexity index is 1590. The normalized spacial score (nSPS) is 20.5. The first kappa shape index (κ1) is 47.5. The molecule has 1 saturated carbocycles. The van der Waals surface area contributed by atoms with Crippen molar-refractivity contribution in [1.82, 2.24) is 30.0 Å². The average molecular weight is 842 g/mol. The molecule has 1 aromatic rings. The maximum Gasteiger partial charge on any atom is 0.411 e. The van der Waals surface area contributed by atoms with Crippen LogP contribution in [0.25, 0.3) is 0 Å². The van der Waals surface area contributed by atoms with E-state index in [-0.39, 0.29) is 38.0 Å². The summed E-state index contributed by atoms with van der Waals surface area (Å²) in [5.41, 5.74) is -1.86. The van der Waals surface area contributed by atoms with E-state index >= 15 is 0 Å². The van der Waals surface area contributed by atoms with Crippen molar-refractivity contribution in [3.8, 4) is 0 Å². The molecule has 4 amide bonds. The van der Waals surface area contributed by atoms with Crippen LogP contribution in [0.15, 0.2) is 4.42 Å². The molecule has 0 aromatic carbocycles. The van der Waals surface area contributed by atoms with Crippen LogP contribution in [0, 0.1) is 5.41 Å². The number of piperidine rings is 1. The first-order valence-electron chi connectivity index (χ1n) is 21.5. The smallest absolute Gasteiger partial charge is 0.411 e. The van der Waals surface area contributed by atoms with Gasteiger partial charge in [-0.2, -0.15) is 9.35 Å². The third-order valence-corrected chi connectivity index (χ3v) is 11.8. The standard InChI is InChI=1S/C24H36N6O10S.C16H36N/c1-22(2,3)38-20(32)27-10-14(11-27)28(21(33)39-23(4,5)6)13-17-25-26-18(37-17)15-9-24(7-8-24)16-12-29(15)19(31)30(16)40-41(34,35)36;1-5-9-13-17(14-10-6-2,15-11-7-3)16-12-8-4/h14-16H,7-13H2,1-6H3,(H,34,35,36);5-16H2,1-4H3/q;+1/p-1/t15-,16-;/m0./s1. The van der Waals surface area contributed by atoms with Gasteiger partial charge in [0.05, 0.1) is 38.3 Å². The molecule has 2 atom stereocenters. The van der Waals surface area contributed by atoms with E-state index in [0.717, 1.165) is 12.8 Å². The second-order valence-electron chi connectivity index (χ2n) is 18.7. The third kappa shape index (κ3) is 12.9. The zero-order valence-corrected chi connectivity index (χ0v) is 37.6. The molecule has 4 aliphatic rings. The largest absolute Gasteiger partial charge is 0.724 e. The van der Waals surface area contributed by atoms with Gasteiger partial charge in [0.2, 0.25) is 22.2 Å². The number of fused-ring (bicyclic) bond motifs is 3. The molecular weight excluding hydrogens is 771 g/mol. The Labute approximate surface area is 346 Å². The highest BCUT2D eigenvalue weighted by Gasteiger charge is 2.64. The molecule has 1 aliphatic carbocycles. The Hall–Kier alpha value is -3.22. The fourth-order valence-corrected chi connectivity index (χ4v) is 8.44. The first-order chi connectivity index (χ1) is 27.1. The van der Waals surface area contributed by atoms with E-state index in [1.54, 1.807) is 41.5 Å². The minimum Gasteiger partial charge on any atom is -0.724 e. The van der Waals surface area contributed by atoms with Crippen molar-refractivity contribution in [2.75, 3.05) is 45.8 Å². The first-order valence-corrected chi connectivity index (χ1v) is 22.8. The van der Waals surface area contributed by atoms with E-state index in [0.29, 0.717) is 11.5 Å². The monoisotopic (exact) mass is 841 g/mol. The summed E-state index contributed by atoms with van der Waals surface area (Å²) in [5.74, 6) is 0.216. The Morgan fingerprint density at radius 1 is 0.862 bits per heavy atom. The Morgan fingerprint density at radius 3 is 1.83 bits per heavy atom. The fraction of sp³-hybridized carbons (Fsp3) is 0.875. The summed E-state index contributed by atoms with van der Waals surface area (Å²) in [6.07, 6.45) is 11.8. The lowest BCUT2D eigenvalue weighted by Crippen LogP contribution is -2.63. The number of hydrogen-bond donors (Lipinski definition) is 0. The van der Waals surface area contributed by atoms with Crippen molar-refractivity contribution < 1.29 is 50.0 Å². The van der Waals surface area contributed by atoms with Crippen molar-refractivity contribution in [3.05, 3.63) is 11.8 Å². The molecule has 17 nitrogen and oxygen atoms in total. The van der Waals surface area contributed by atoms with Gasteiger partial charge in [-0.15, -0.1) is 10.2 Å². The molecule has 0 radical (unpaired) electrons. The number of carbonyl (C=O) groups is 3. The predicted octanol–water partition coefficient (Wildman–Crippen LogP) is 7.15. The van der Waals surface area contributed by atoms with Crippen LogP contribution < -0.4 is 0 Å². The highest BCUT2D eigenvalue weighted by atomic mass is 32.3. The average Bonchev–Trinajstić information content (AvgIpc) is 3.60. The van der Waals surface area contributed by atoms with Crippen molar-refractivity contribution in [3.63, 3.8) is 0 Å². The van der Waals surface area contributed by atoms with E-state index < -0.39 is 63.4 Å². The van der Waals surface area contributed by atoms with Crippen LogP contribution in [-0.4, -0.2) is 135 Å². The molecule has 2 bridgehead atoms. The number of urea groups is 1. The third-order valence-electron chi connectivity index (χ3n) is 11.4. The quantitative estimate of drug-likeness (QED) is 0.0826. The highest BCUT2D eigenvalue weighted by Crippen LogP contribution is 2.61. The van der Waals surface area contributed by atoms with Crippen LogP contribution in [-0.2, 0) is 30.7 Å². The fourth-order valence-electron chi connectivity index (χ4n) is 8.08. The van der Waals surface area contributed by atoms with Gasteiger partial charge in [0.25, 0.3) is 0 Å². The van der Waals surface area contributed by atoms with Gasteiger partial charge in [-0.05, 0) is 91.9 Å². The molecule has 3 aliphatic heterocycles. The Kier molecular flexibility index (Phi) is 15.9. The van der Waals surface area contributed by atoms with E-state index in [1.807, 2.05) is 0 Å². The molecule has 0 unspecified atom stereocenters. The van der Waals surface area contributed by atoms with Gasteiger partial charge in [-0.1, -0.05) is 53.4 Å². The number of rotatable bonds is 18. The second-order valence-corrected chi connectivity index (χ2v) is 19.6. The summed E-state index contributed by atoms with van der Waals surface area (Å²) in [7, 11) is -5.14. The molecule has 1 spiro atoms. The minimum absolute atomic E-state index is 0.0930. The number of ether oxygens (including phenoxy) is 2.